The number of amides is 2. The van der Waals surface area contributed by atoms with Gasteiger partial charge in [0.25, 0.3) is 0 Å². The maximum atomic E-state index is 14.9. The minimum atomic E-state index is -1.03. The Kier molecular flexibility index (Phi) is 28.5. The van der Waals surface area contributed by atoms with Gasteiger partial charge in [-0.1, -0.05) is 17.7 Å². The molecule has 0 spiro atoms. The lowest BCUT2D eigenvalue weighted by Crippen LogP contribution is -2.50. The topological polar surface area (TPSA) is 312 Å². The standard InChI is InChI=1S/C56H82ClFN12O13/c1-40-31-41(33-43(58)32-40)45-35-63-55(53(54(45)70-11-5-44(59)6-12-70)56-64-46-4-3-42(57)34-47(46)65-56)62-9-2-8-60-48(71)7-21-79-23-25-81-27-29-83-30-28-82-26-24-80-22-10-61-49(72)36-66-13-15-67(37-50(73)74)17-19-69(39-52(77)78)20-18-68(16-14-66)38-51(75)76/h3-4,31-35,44H,2,5-30,36-39,59H2,1H3,(H,60,71)(H,61,72)(H,62,63)(H,64,65)(H,73,74)(H,75,76)(H,77,78). The molecule has 83 heavy (non-hydrogen) atoms. The number of nitrogens with two attached hydrogens (primary N) is 1. The molecule has 4 heterocycles. The molecule has 458 valence electrons. The number of aromatic nitrogens is 3. The lowest BCUT2D eigenvalue weighted by Gasteiger charge is -2.35. The van der Waals surface area contributed by atoms with Crippen LogP contribution in [0.1, 0.15) is 31.2 Å². The van der Waals surface area contributed by atoms with Crippen LogP contribution < -0.4 is 26.6 Å². The molecule has 4 aromatic rings. The van der Waals surface area contributed by atoms with Crippen LogP contribution in [0, 0.1) is 12.7 Å². The van der Waals surface area contributed by atoms with E-state index in [2.05, 4.69) is 25.8 Å². The third kappa shape index (κ3) is 24.1. The average molecular weight is 1190 g/mol. The predicted octanol–water partition coefficient (Wildman–Crippen LogP) is 2.30. The van der Waals surface area contributed by atoms with Crippen LogP contribution >= 0.6 is 11.6 Å². The molecule has 2 aromatic carbocycles. The third-order valence-corrected chi connectivity index (χ3v) is 14.0. The molecular weight excluding hydrogens is 1100 g/mol. The summed E-state index contributed by atoms with van der Waals surface area (Å²) in [6, 6.07) is 10.6. The third-order valence-electron chi connectivity index (χ3n) is 13.8. The molecule has 0 aliphatic carbocycles. The second-order valence-electron chi connectivity index (χ2n) is 20.4. The van der Waals surface area contributed by atoms with Crippen molar-refractivity contribution >= 4 is 63.9 Å². The maximum Gasteiger partial charge on any atom is 0.317 e. The van der Waals surface area contributed by atoms with Gasteiger partial charge in [0, 0.05) is 114 Å². The molecule has 27 heteroatoms. The monoisotopic (exact) mass is 1180 g/mol. The lowest BCUT2D eigenvalue weighted by molar-refractivity contribution is -0.140. The Morgan fingerprint density at radius 2 is 1.18 bits per heavy atom. The summed E-state index contributed by atoms with van der Waals surface area (Å²) in [6.45, 7) is 9.44. The number of carbonyl (C=O) groups excluding carboxylic acids is 2. The van der Waals surface area contributed by atoms with Crippen LogP contribution in [0.15, 0.2) is 42.6 Å². The fourth-order valence-corrected chi connectivity index (χ4v) is 9.74. The number of aromatic amines is 1. The van der Waals surface area contributed by atoms with Gasteiger partial charge in [-0.2, -0.15) is 0 Å². The number of rotatable bonds is 34. The number of halogens is 2. The van der Waals surface area contributed by atoms with Gasteiger partial charge < -0.3 is 70.6 Å². The number of nitrogens with one attached hydrogen (secondary N) is 4. The van der Waals surface area contributed by atoms with Crippen LogP contribution in [0.2, 0.25) is 5.02 Å². The molecule has 0 atom stereocenters. The Balaban J connectivity index is 0.792. The molecule has 25 nitrogen and oxygen atoms in total. The van der Waals surface area contributed by atoms with Crippen molar-refractivity contribution in [1.29, 1.82) is 0 Å². The van der Waals surface area contributed by atoms with Gasteiger partial charge in [-0.25, -0.2) is 14.4 Å². The van der Waals surface area contributed by atoms with Gasteiger partial charge in [-0.15, -0.1) is 0 Å². The van der Waals surface area contributed by atoms with Gasteiger partial charge in [-0.05, 0) is 67.6 Å². The number of hydrogen-bond donors (Lipinski definition) is 8. The minimum Gasteiger partial charge on any atom is -0.480 e. The smallest absolute Gasteiger partial charge is 0.317 e. The number of imidazole rings is 1. The quantitative estimate of drug-likeness (QED) is 0.0311. The van der Waals surface area contributed by atoms with Crippen molar-refractivity contribution in [1.82, 2.24) is 45.2 Å². The molecule has 6 rings (SSSR count). The zero-order valence-corrected chi connectivity index (χ0v) is 48.2. The Hall–Kier alpha value is -6.17. The number of aliphatic carboxylic acids is 3. The van der Waals surface area contributed by atoms with E-state index in [-0.39, 0.29) is 89.1 Å². The number of carbonyl (C=O) groups is 5. The average Bonchev–Trinajstić information content (AvgIpc) is 4.11. The fourth-order valence-electron chi connectivity index (χ4n) is 9.58. The zero-order chi connectivity index (χ0) is 59.3. The van der Waals surface area contributed by atoms with E-state index in [4.69, 9.17) is 51.0 Å². The van der Waals surface area contributed by atoms with Gasteiger partial charge in [0.1, 0.15) is 17.5 Å². The molecule has 2 aliphatic rings. The van der Waals surface area contributed by atoms with Crippen molar-refractivity contribution in [2.24, 2.45) is 5.73 Å². The molecule has 2 aromatic heterocycles. The van der Waals surface area contributed by atoms with Crippen LogP contribution in [0.3, 0.4) is 0 Å². The first-order chi connectivity index (χ1) is 40.1. The summed E-state index contributed by atoms with van der Waals surface area (Å²) in [5, 5.41) is 38.1. The Morgan fingerprint density at radius 1 is 0.663 bits per heavy atom. The van der Waals surface area contributed by atoms with E-state index in [9.17, 15) is 43.7 Å². The first-order valence-electron chi connectivity index (χ1n) is 28.3. The molecule has 2 amide bonds. The Labute approximate surface area is 488 Å². The number of fused-ring (bicyclic) bond motifs is 1. The summed E-state index contributed by atoms with van der Waals surface area (Å²) >= 11 is 6.36. The molecule has 2 fully saturated rings. The number of anilines is 2. The van der Waals surface area contributed by atoms with Crippen LogP contribution in [0.4, 0.5) is 15.9 Å². The number of carboxylic acids is 3. The van der Waals surface area contributed by atoms with Crippen molar-refractivity contribution in [2.75, 3.05) is 188 Å². The van der Waals surface area contributed by atoms with Crippen LogP contribution in [-0.4, -0.2) is 263 Å². The molecule has 9 N–H and O–H groups in total. The van der Waals surface area contributed by atoms with Crippen molar-refractivity contribution in [3.63, 3.8) is 0 Å². The van der Waals surface area contributed by atoms with Crippen molar-refractivity contribution in [3.8, 4) is 22.5 Å². The maximum absolute atomic E-state index is 14.9. The number of piperidine rings is 1. The van der Waals surface area contributed by atoms with E-state index in [1.54, 1.807) is 33.0 Å². The van der Waals surface area contributed by atoms with Crippen molar-refractivity contribution < 1.29 is 67.4 Å². The number of ether oxygens (including phenoxy) is 5. The SMILES string of the molecule is Cc1cc(F)cc(-c2cnc(NCCCNC(=O)CCOCCOCCOCCOCCOCCNC(=O)CN3CCN(CC(=O)O)CCN(CC(=O)O)CCN(CC(=O)O)CC3)c(-c3nc4cc(Cl)ccc4[nH]3)c2N2CCC(N)CC2)c1. The summed E-state index contributed by atoms with van der Waals surface area (Å²) in [4.78, 5) is 82.6. The Bertz CT molecular complexity index is 2630. The van der Waals surface area contributed by atoms with E-state index >= 15 is 0 Å². The minimum absolute atomic E-state index is 0.0142. The van der Waals surface area contributed by atoms with Gasteiger partial charge in [-0.3, -0.25) is 43.6 Å². The highest BCUT2D eigenvalue weighted by molar-refractivity contribution is 6.31. The molecule has 0 bridgehead atoms. The lowest BCUT2D eigenvalue weighted by atomic mass is 9.96. The molecule has 0 radical (unpaired) electrons. The van der Waals surface area contributed by atoms with Gasteiger partial charge in [0.2, 0.25) is 11.8 Å². The Morgan fingerprint density at radius 3 is 1.72 bits per heavy atom. The number of pyridine rings is 1. The fraction of sp³-hybridized carbons (Fsp3) is 0.589. The number of nitrogens with zero attached hydrogens (tertiary/aromatic N) is 7. The van der Waals surface area contributed by atoms with E-state index in [0.29, 0.717) is 152 Å². The van der Waals surface area contributed by atoms with Crippen molar-refractivity contribution in [2.45, 2.75) is 38.6 Å². The molecule has 2 aliphatic heterocycles. The highest BCUT2D eigenvalue weighted by Gasteiger charge is 2.28. The predicted molar refractivity (Wildman–Crippen MR) is 310 cm³/mol. The van der Waals surface area contributed by atoms with Crippen molar-refractivity contribution in [3.05, 3.63) is 59.0 Å². The van der Waals surface area contributed by atoms with Gasteiger partial charge in [0.05, 0.1) is 115 Å². The number of hydrogen-bond acceptors (Lipinski definition) is 19. The summed E-state index contributed by atoms with van der Waals surface area (Å²) in [6.07, 6.45) is 4.18. The largest absolute Gasteiger partial charge is 0.480 e. The number of H-pyrrole nitrogens is 1. The molecule has 2 saturated heterocycles. The summed E-state index contributed by atoms with van der Waals surface area (Å²) < 4.78 is 42.8. The van der Waals surface area contributed by atoms with E-state index in [1.165, 1.54) is 12.1 Å². The number of carboxylic acid groups (broad SMARTS) is 3. The second-order valence-corrected chi connectivity index (χ2v) is 20.8. The van der Waals surface area contributed by atoms with Crippen LogP contribution in [0.25, 0.3) is 33.5 Å². The number of benzene rings is 2. The first-order valence-corrected chi connectivity index (χ1v) is 28.7. The summed E-state index contributed by atoms with van der Waals surface area (Å²) in [7, 11) is 0. The van der Waals surface area contributed by atoms with E-state index < -0.39 is 17.9 Å². The van der Waals surface area contributed by atoms with Crippen LogP contribution in [-0.2, 0) is 47.7 Å². The highest BCUT2D eigenvalue weighted by Crippen LogP contribution is 2.44. The van der Waals surface area contributed by atoms with Gasteiger partial charge >= 0.3 is 17.9 Å². The van der Waals surface area contributed by atoms with Gasteiger partial charge in [0.15, 0.2) is 0 Å². The second kappa shape index (κ2) is 35.9. The normalized spacial score (nSPS) is 15.7. The molecule has 0 saturated carbocycles. The highest BCUT2D eigenvalue weighted by atomic mass is 35.5. The zero-order valence-electron chi connectivity index (χ0n) is 47.4. The summed E-state index contributed by atoms with van der Waals surface area (Å²) in [5.74, 6) is -2.61. The molecule has 0 unspecified atom stereocenters. The van der Waals surface area contributed by atoms with E-state index in [0.717, 1.165) is 40.7 Å². The number of aryl methyl sites for hydroxylation is 1. The van der Waals surface area contributed by atoms with Crippen LogP contribution in [0.5, 0.6) is 0 Å². The van der Waals surface area contributed by atoms with E-state index in [1.807, 2.05) is 24.0 Å². The summed E-state index contributed by atoms with van der Waals surface area (Å²) in [5.41, 5.74) is 11.8. The first kappa shape index (κ1) is 66.0. The molecular formula is C56H82ClFN12O13.